The summed E-state index contributed by atoms with van der Waals surface area (Å²) in [4.78, 5) is 0. The summed E-state index contributed by atoms with van der Waals surface area (Å²) in [6.07, 6.45) is 1.36. The van der Waals surface area contributed by atoms with Gasteiger partial charge in [0.2, 0.25) is 0 Å². The van der Waals surface area contributed by atoms with Gasteiger partial charge >= 0.3 is 0 Å². The molecule has 0 aromatic heterocycles. The van der Waals surface area contributed by atoms with Crippen LogP contribution < -0.4 is 5.19 Å². The minimum atomic E-state index is -1.25. The van der Waals surface area contributed by atoms with Crippen molar-refractivity contribution in [1.29, 1.82) is 0 Å². The van der Waals surface area contributed by atoms with Gasteiger partial charge in [0.05, 0.1) is 8.07 Å². The topological polar surface area (TPSA) is 0 Å². The van der Waals surface area contributed by atoms with Crippen LogP contribution in [0.4, 0.5) is 0 Å². The Morgan fingerprint density at radius 2 is 1.53 bits per heavy atom. The zero-order chi connectivity index (χ0) is 11.5. The van der Waals surface area contributed by atoms with E-state index in [1.807, 2.05) is 0 Å². The lowest BCUT2D eigenvalue weighted by Crippen LogP contribution is -2.45. The standard InChI is InChI=1S/C14H24Si/c1-12(2)11-13(3)15(4,5)14-9-7-6-8-10-14/h6-10,12-13H,11H2,1-5H3. The van der Waals surface area contributed by atoms with Crippen molar-refractivity contribution >= 4 is 13.3 Å². The van der Waals surface area contributed by atoms with E-state index in [1.165, 1.54) is 6.42 Å². The minimum Gasteiger partial charge on any atom is -0.0652 e. The van der Waals surface area contributed by atoms with Crippen LogP contribution in [-0.2, 0) is 0 Å². The van der Waals surface area contributed by atoms with Crippen molar-refractivity contribution in [2.24, 2.45) is 5.92 Å². The third-order valence-corrected chi connectivity index (χ3v) is 8.10. The third-order valence-electron chi connectivity index (χ3n) is 3.57. The third kappa shape index (κ3) is 3.20. The fraction of sp³-hybridized carbons (Fsp3) is 0.571. The first-order chi connectivity index (χ1) is 6.94. The molecule has 15 heavy (non-hydrogen) atoms. The molecule has 0 fully saturated rings. The summed E-state index contributed by atoms with van der Waals surface area (Å²) in [5.41, 5.74) is 0.861. The number of hydrogen-bond donors (Lipinski definition) is 0. The Labute approximate surface area is 95.7 Å². The van der Waals surface area contributed by atoms with Gasteiger partial charge in [-0.1, -0.05) is 75.8 Å². The van der Waals surface area contributed by atoms with Crippen molar-refractivity contribution in [3.8, 4) is 0 Å². The summed E-state index contributed by atoms with van der Waals surface area (Å²) in [5.74, 6) is 0.815. The van der Waals surface area contributed by atoms with Crippen LogP contribution in [0.1, 0.15) is 27.2 Å². The van der Waals surface area contributed by atoms with Crippen LogP contribution in [0.25, 0.3) is 0 Å². The molecule has 1 atom stereocenters. The lowest BCUT2D eigenvalue weighted by atomic mass is 10.1. The van der Waals surface area contributed by atoms with E-state index in [2.05, 4.69) is 64.2 Å². The molecule has 0 heterocycles. The van der Waals surface area contributed by atoms with Gasteiger partial charge in [-0.15, -0.1) is 0 Å². The molecule has 0 saturated heterocycles. The van der Waals surface area contributed by atoms with E-state index >= 15 is 0 Å². The second-order valence-electron chi connectivity index (χ2n) is 5.62. The maximum atomic E-state index is 2.50. The van der Waals surface area contributed by atoms with Crippen LogP contribution in [0.2, 0.25) is 18.6 Å². The van der Waals surface area contributed by atoms with Crippen LogP contribution in [0.5, 0.6) is 0 Å². The molecule has 0 saturated carbocycles. The molecule has 0 spiro atoms. The maximum Gasteiger partial charge on any atom is 0.0834 e. The molecule has 0 aliphatic rings. The highest BCUT2D eigenvalue weighted by Gasteiger charge is 2.30. The Morgan fingerprint density at radius 1 is 1.00 bits per heavy atom. The summed E-state index contributed by atoms with van der Waals surface area (Å²) in [6.45, 7) is 12.1. The van der Waals surface area contributed by atoms with Crippen LogP contribution in [0, 0.1) is 5.92 Å². The molecule has 0 bridgehead atoms. The van der Waals surface area contributed by atoms with Crippen LogP contribution in [0.15, 0.2) is 30.3 Å². The Balaban J connectivity index is 2.82. The Morgan fingerprint density at radius 3 is 2.00 bits per heavy atom. The van der Waals surface area contributed by atoms with Crippen molar-refractivity contribution < 1.29 is 0 Å². The lowest BCUT2D eigenvalue weighted by molar-refractivity contribution is 0.567. The van der Waals surface area contributed by atoms with E-state index in [0.717, 1.165) is 11.5 Å². The van der Waals surface area contributed by atoms with Gasteiger partial charge in [0.1, 0.15) is 0 Å². The average molecular weight is 220 g/mol. The highest BCUT2D eigenvalue weighted by atomic mass is 28.3. The van der Waals surface area contributed by atoms with Crippen LogP contribution in [0.3, 0.4) is 0 Å². The molecular weight excluding hydrogens is 196 g/mol. The minimum absolute atomic E-state index is 0.815. The maximum absolute atomic E-state index is 2.50. The molecule has 0 radical (unpaired) electrons. The van der Waals surface area contributed by atoms with E-state index in [9.17, 15) is 0 Å². The van der Waals surface area contributed by atoms with E-state index in [4.69, 9.17) is 0 Å². The average Bonchev–Trinajstić information content (AvgIpc) is 2.18. The van der Waals surface area contributed by atoms with Crippen LogP contribution in [-0.4, -0.2) is 8.07 Å². The van der Waals surface area contributed by atoms with Crippen molar-refractivity contribution in [3.05, 3.63) is 30.3 Å². The van der Waals surface area contributed by atoms with Crippen molar-refractivity contribution in [2.75, 3.05) is 0 Å². The molecule has 0 N–H and O–H groups in total. The fourth-order valence-electron chi connectivity index (χ4n) is 2.15. The summed E-state index contributed by atoms with van der Waals surface area (Å²) in [7, 11) is -1.25. The Kier molecular flexibility index (Phi) is 4.15. The highest BCUT2D eigenvalue weighted by molar-refractivity contribution is 6.90. The first-order valence-corrected chi connectivity index (χ1v) is 9.08. The van der Waals surface area contributed by atoms with E-state index in [0.29, 0.717) is 0 Å². The van der Waals surface area contributed by atoms with Gasteiger partial charge in [0, 0.05) is 0 Å². The van der Waals surface area contributed by atoms with Gasteiger partial charge in [0.15, 0.2) is 0 Å². The summed E-state index contributed by atoms with van der Waals surface area (Å²) < 4.78 is 0. The number of hydrogen-bond acceptors (Lipinski definition) is 0. The molecule has 1 aromatic carbocycles. The van der Waals surface area contributed by atoms with Crippen molar-refractivity contribution in [2.45, 2.75) is 45.8 Å². The molecule has 0 nitrogen and oxygen atoms in total. The summed E-state index contributed by atoms with van der Waals surface area (Å²) in [5, 5.41) is 1.60. The van der Waals surface area contributed by atoms with Gasteiger partial charge in [-0.2, -0.15) is 0 Å². The Hall–Kier alpha value is -0.563. The lowest BCUT2D eigenvalue weighted by Gasteiger charge is -2.31. The predicted molar refractivity (Wildman–Crippen MR) is 72.4 cm³/mol. The SMILES string of the molecule is CC(C)CC(C)[Si](C)(C)c1ccccc1. The summed E-state index contributed by atoms with van der Waals surface area (Å²) in [6, 6.07) is 11.1. The molecule has 1 rings (SSSR count). The number of benzene rings is 1. The monoisotopic (exact) mass is 220 g/mol. The summed E-state index contributed by atoms with van der Waals surface area (Å²) >= 11 is 0. The van der Waals surface area contributed by atoms with Gasteiger partial charge in [-0.3, -0.25) is 0 Å². The largest absolute Gasteiger partial charge is 0.0834 e. The molecule has 0 aliphatic carbocycles. The molecule has 1 heteroatoms. The van der Waals surface area contributed by atoms with Crippen molar-refractivity contribution in [1.82, 2.24) is 0 Å². The molecule has 0 aliphatic heterocycles. The van der Waals surface area contributed by atoms with Gasteiger partial charge in [0.25, 0.3) is 0 Å². The van der Waals surface area contributed by atoms with Crippen molar-refractivity contribution in [3.63, 3.8) is 0 Å². The molecule has 0 amide bonds. The van der Waals surface area contributed by atoms with E-state index in [-0.39, 0.29) is 0 Å². The van der Waals surface area contributed by atoms with Gasteiger partial charge < -0.3 is 0 Å². The van der Waals surface area contributed by atoms with Gasteiger partial charge in [-0.25, -0.2) is 0 Å². The zero-order valence-electron chi connectivity index (χ0n) is 10.7. The fourth-order valence-corrected chi connectivity index (χ4v) is 4.84. The van der Waals surface area contributed by atoms with Crippen LogP contribution >= 0.6 is 0 Å². The first-order valence-electron chi connectivity index (χ1n) is 6.00. The molecule has 1 aromatic rings. The Bertz CT molecular complexity index is 287. The second-order valence-corrected chi connectivity index (χ2v) is 10.6. The highest BCUT2D eigenvalue weighted by Crippen LogP contribution is 2.27. The van der Waals surface area contributed by atoms with E-state index in [1.54, 1.807) is 5.19 Å². The number of rotatable bonds is 4. The predicted octanol–water partition coefficient (Wildman–Crippen LogP) is 4.04. The van der Waals surface area contributed by atoms with E-state index < -0.39 is 8.07 Å². The second kappa shape index (κ2) is 4.98. The first kappa shape index (κ1) is 12.5. The normalized spacial score (nSPS) is 14.3. The molecule has 84 valence electrons. The molecular formula is C14H24Si. The molecule has 1 unspecified atom stereocenters. The quantitative estimate of drug-likeness (QED) is 0.672. The smallest absolute Gasteiger partial charge is 0.0652 e. The zero-order valence-corrected chi connectivity index (χ0v) is 11.7. The van der Waals surface area contributed by atoms with Gasteiger partial charge in [-0.05, 0) is 11.5 Å².